The molecule has 2 aromatic rings. The Morgan fingerprint density at radius 2 is 1.92 bits per heavy atom. The van der Waals surface area contributed by atoms with E-state index < -0.39 is 18.7 Å². The number of amides is 1. The molecule has 0 saturated carbocycles. The van der Waals surface area contributed by atoms with Gasteiger partial charge in [0.15, 0.2) is 18.1 Å². The first-order chi connectivity index (χ1) is 12.3. The Labute approximate surface area is 151 Å². The maximum Gasteiger partial charge on any atom is 0.422 e. The van der Waals surface area contributed by atoms with Gasteiger partial charge in [-0.05, 0) is 24.3 Å². The van der Waals surface area contributed by atoms with E-state index in [2.05, 4.69) is 5.32 Å². The van der Waals surface area contributed by atoms with Gasteiger partial charge < -0.3 is 19.5 Å². The summed E-state index contributed by atoms with van der Waals surface area (Å²) in [4.78, 5) is 12.5. The first kappa shape index (κ1) is 18.2. The molecule has 1 aliphatic rings. The molecule has 5 nitrogen and oxygen atoms in total. The second-order valence-corrected chi connectivity index (χ2v) is 5.74. The van der Waals surface area contributed by atoms with Gasteiger partial charge in [-0.25, -0.2) is 0 Å². The first-order valence-corrected chi connectivity index (χ1v) is 7.90. The molecule has 138 valence electrons. The van der Waals surface area contributed by atoms with Crippen LogP contribution in [-0.4, -0.2) is 31.9 Å². The molecule has 3 rings (SSSR count). The number of halogens is 4. The number of ether oxygens (including phenoxy) is 3. The minimum absolute atomic E-state index is 0.0955. The Hall–Kier alpha value is -2.61. The summed E-state index contributed by atoms with van der Waals surface area (Å²) in [6.07, 6.45) is -4.49. The smallest absolute Gasteiger partial charge is 0.422 e. The molecule has 0 spiro atoms. The third kappa shape index (κ3) is 4.32. The average molecular weight is 388 g/mol. The van der Waals surface area contributed by atoms with Crippen molar-refractivity contribution in [2.45, 2.75) is 6.18 Å². The maximum absolute atomic E-state index is 12.5. The first-order valence-electron chi connectivity index (χ1n) is 7.52. The van der Waals surface area contributed by atoms with Gasteiger partial charge in [0.25, 0.3) is 5.91 Å². The highest BCUT2D eigenvalue weighted by atomic mass is 35.5. The number of nitrogens with one attached hydrogen (secondary N) is 1. The molecule has 0 radical (unpaired) electrons. The third-order valence-electron chi connectivity index (χ3n) is 3.39. The van der Waals surface area contributed by atoms with Gasteiger partial charge in [0.2, 0.25) is 0 Å². The number of fused-ring (bicyclic) bond motifs is 1. The largest absolute Gasteiger partial charge is 0.486 e. The monoisotopic (exact) mass is 387 g/mol. The van der Waals surface area contributed by atoms with Crippen molar-refractivity contribution in [3.05, 3.63) is 47.0 Å². The van der Waals surface area contributed by atoms with E-state index in [1.165, 1.54) is 30.3 Å². The van der Waals surface area contributed by atoms with Crippen molar-refractivity contribution >= 4 is 23.2 Å². The molecular formula is C17H13ClF3NO4. The van der Waals surface area contributed by atoms with Gasteiger partial charge in [-0.15, -0.1) is 0 Å². The van der Waals surface area contributed by atoms with E-state index >= 15 is 0 Å². The lowest BCUT2D eigenvalue weighted by Crippen LogP contribution is -2.20. The zero-order valence-electron chi connectivity index (χ0n) is 13.2. The molecule has 2 aromatic carbocycles. The Bertz CT molecular complexity index is 826. The maximum atomic E-state index is 12.5. The third-order valence-corrected chi connectivity index (χ3v) is 3.67. The molecular weight excluding hydrogens is 375 g/mol. The molecule has 0 aromatic heterocycles. The lowest BCUT2D eigenvalue weighted by molar-refractivity contribution is -0.153. The van der Waals surface area contributed by atoms with Crippen LogP contribution >= 0.6 is 11.6 Å². The van der Waals surface area contributed by atoms with E-state index in [9.17, 15) is 18.0 Å². The van der Waals surface area contributed by atoms with Crippen molar-refractivity contribution in [3.63, 3.8) is 0 Å². The van der Waals surface area contributed by atoms with Gasteiger partial charge in [0.1, 0.15) is 19.0 Å². The normalized spacial score (nSPS) is 13.2. The van der Waals surface area contributed by atoms with Gasteiger partial charge in [-0.3, -0.25) is 4.79 Å². The van der Waals surface area contributed by atoms with Crippen molar-refractivity contribution < 1.29 is 32.2 Å². The SMILES string of the molecule is O=C(Nc1ccccc1OCC(F)(F)F)c1cc(Cl)c2c(c1)OCCO2. The van der Waals surface area contributed by atoms with Crippen LogP contribution in [0.15, 0.2) is 36.4 Å². The Kier molecular flexibility index (Phi) is 5.13. The van der Waals surface area contributed by atoms with Crippen molar-refractivity contribution in [2.75, 3.05) is 25.1 Å². The number of hydrogen-bond donors (Lipinski definition) is 1. The van der Waals surface area contributed by atoms with E-state index in [1.54, 1.807) is 6.07 Å². The van der Waals surface area contributed by atoms with Gasteiger partial charge in [0, 0.05) is 5.56 Å². The van der Waals surface area contributed by atoms with Crippen LogP contribution in [-0.2, 0) is 0 Å². The van der Waals surface area contributed by atoms with Crippen LogP contribution in [0.2, 0.25) is 5.02 Å². The van der Waals surface area contributed by atoms with Crippen LogP contribution < -0.4 is 19.5 Å². The van der Waals surface area contributed by atoms with Crippen LogP contribution in [0.5, 0.6) is 17.2 Å². The summed E-state index contributed by atoms with van der Waals surface area (Å²) in [6, 6.07) is 8.68. The minimum Gasteiger partial charge on any atom is -0.486 e. The summed E-state index contributed by atoms with van der Waals surface area (Å²) >= 11 is 6.09. The molecule has 9 heteroatoms. The van der Waals surface area contributed by atoms with Crippen molar-refractivity contribution in [1.29, 1.82) is 0 Å². The fourth-order valence-electron chi connectivity index (χ4n) is 2.29. The van der Waals surface area contributed by atoms with E-state index in [1.807, 2.05) is 0 Å². The highest BCUT2D eigenvalue weighted by molar-refractivity contribution is 6.32. The summed E-state index contributed by atoms with van der Waals surface area (Å²) in [6.45, 7) is -0.791. The molecule has 1 N–H and O–H groups in total. The van der Waals surface area contributed by atoms with Crippen LogP contribution in [0.1, 0.15) is 10.4 Å². The lowest BCUT2D eigenvalue weighted by Gasteiger charge is -2.20. The summed E-state index contributed by atoms with van der Waals surface area (Å²) in [7, 11) is 0. The van der Waals surface area contributed by atoms with Gasteiger partial charge in [0.05, 0.1) is 10.7 Å². The van der Waals surface area contributed by atoms with E-state index in [-0.39, 0.29) is 22.0 Å². The van der Waals surface area contributed by atoms with Crippen molar-refractivity contribution in [2.24, 2.45) is 0 Å². The van der Waals surface area contributed by atoms with Crippen molar-refractivity contribution in [1.82, 2.24) is 0 Å². The summed E-state index contributed by atoms with van der Waals surface area (Å²) < 4.78 is 52.6. The van der Waals surface area contributed by atoms with E-state index in [0.29, 0.717) is 24.7 Å². The number of hydrogen-bond acceptors (Lipinski definition) is 4. The Morgan fingerprint density at radius 1 is 1.19 bits per heavy atom. The fraction of sp³-hybridized carbons (Fsp3) is 0.235. The number of anilines is 1. The zero-order chi connectivity index (χ0) is 18.7. The average Bonchev–Trinajstić information content (AvgIpc) is 2.60. The zero-order valence-corrected chi connectivity index (χ0v) is 14.0. The number of rotatable bonds is 4. The van der Waals surface area contributed by atoms with Crippen LogP contribution in [0.4, 0.5) is 18.9 Å². The Morgan fingerprint density at radius 3 is 2.69 bits per heavy atom. The van der Waals surface area contributed by atoms with E-state index in [0.717, 1.165) is 0 Å². The van der Waals surface area contributed by atoms with Crippen LogP contribution in [0, 0.1) is 0 Å². The Balaban J connectivity index is 1.79. The van der Waals surface area contributed by atoms with Crippen molar-refractivity contribution in [3.8, 4) is 17.2 Å². The second-order valence-electron chi connectivity index (χ2n) is 5.34. The highest BCUT2D eigenvalue weighted by Crippen LogP contribution is 2.38. The summed E-state index contributed by atoms with van der Waals surface area (Å²) in [5.74, 6) is 0.00707. The molecule has 0 unspecified atom stereocenters. The number of carbonyl (C=O) groups is 1. The highest BCUT2D eigenvalue weighted by Gasteiger charge is 2.29. The van der Waals surface area contributed by atoms with Gasteiger partial charge >= 0.3 is 6.18 Å². The topological polar surface area (TPSA) is 56.8 Å². The number of para-hydroxylation sites is 2. The predicted octanol–water partition coefficient (Wildman–Crippen LogP) is 4.30. The number of benzene rings is 2. The van der Waals surface area contributed by atoms with Crippen LogP contribution in [0.25, 0.3) is 0 Å². The number of carbonyl (C=O) groups excluding carboxylic acids is 1. The summed E-state index contributed by atoms with van der Waals surface area (Å²) in [5, 5.41) is 2.71. The molecule has 1 aliphatic heterocycles. The van der Waals surface area contributed by atoms with E-state index in [4.69, 9.17) is 25.8 Å². The molecule has 0 atom stereocenters. The summed E-state index contributed by atoms with van der Waals surface area (Å²) in [5.41, 5.74) is 0.276. The van der Waals surface area contributed by atoms with Gasteiger partial charge in [-0.1, -0.05) is 23.7 Å². The molecule has 0 fully saturated rings. The molecule has 26 heavy (non-hydrogen) atoms. The molecule has 0 aliphatic carbocycles. The lowest BCUT2D eigenvalue weighted by atomic mass is 10.1. The molecule has 0 saturated heterocycles. The fourth-order valence-corrected chi connectivity index (χ4v) is 2.56. The predicted molar refractivity (Wildman–Crippen MR) is 88.4 cm³/mol. The second kappa shape index (κ2) is 7.33. The molecule has 0 bridgehead atoms. The number of alkyl halides is 3. The molecule has 1 amide bonds. The quantitative estimate of drug-likeness (QED) is 0.849. The minimum atomic E-state index is -4.49. The standard InChI is InChI=1S/C17H13ClF3NO4/c18-11-7-10(8-14-15(11)25-6-5-24-14)16(23)22-12-3-1-2-4-13(12)26-9-17(19,20)21/h1-4,7-8H,5-6,9H2,(H,22,23). The molecule has 1 heterocycles. The van der Waals surface area contributed by atoms with Crippen LogP contribution in [0.3, 0.4) is 0 Å². The van der Waals surface area contributed by atoms with Gasteiger partial charge in [-0.2, -0.15) is 13.2 Å².